The summed E-state index contributed by atoms with van der Waals surface area (Å²) in [6.45, 7) is 3.78. The van der Waals surface area contributed by atoms with Crippen molar-refractivity contribution in [2.45, 2.75) is 13.8 Å². The lowest BCUT2D eigenvalue weighted by Crippen LogP contribution is -2.10. The second-order valence-electron chi connectivity index (χ2n) is 2.72. The van der Waals surface area contributed by atoms with Gasteiger partial charge in [-0.25, -0.2) is 0 Å². The molecule has 10 heavy (non-hydrogen) atoms. The largest absolute Gasteiger partial charge is 0.294 e. The first kappa shape index (κ1) is 7.08. The van der Waals surface area contributed by atoms with Crippen LogP contribution in [-0.2, 0) is 4.79 Å². The highest BCUT2D eigenvalue weighted by Gasteiger charge is 2.28. The second kappa shape index (κ2) is 2.30. The molecule has 0 saturated carbocycles. The van der Waals surface area contributed by atoms with E-state index in [1.54, 1.807) is 6.08 Å². The Hall–Kier alpha value is -1.03. The van der Waals surface area contributed by atoms with E-state index in [1.165, 1.54) is 0 Å². The third-order valence-corrected chi connectivity index (χ3v) is 1.99. The smallest absolute Gasteiger partial charge is 0.160 e. The van der Waals surface area contributed by atoms with Gasteiger partial charge in [-0.15, -0.1) is 6.42 Å². The number of carbonyl (C=O) groups is 1. The van der Waals surface area contributed by atoms with Crippen molar-refractivity contribution in [2.75, 3.05) is 0 Å². The SMILES string of the molecule is C#CC1C(C)=CC(=O)C1C. The molecule has 1 aliphatic rings. The molecule has 0 bridgehead atoms. The van der Waals surface area contributed by atoms with Crippen LogP contribution in [-0.4, -0.2) is 5.78 Å². The van der Waals surface area contributed by atoms with Crippen LogP contribution in [0.3, 0.4) is 0 Å². The number of rotatable bonds is 0. The predicted octanol–water partition coefficient (Wildman–Crippen LogP) is 1.40. The molecule has 0 heterocycles. The Labute approximate surface area is 61.1 Å². The monoisotopic (exact) mass is 134 g/mol. The topological polar surface area (TPSA) is 17.1 Å². The molecular formula is C9H10O. The Balaban J connectivity index is 2.91. The average Bonchev–Trinajstić information content (AvgIpc) is 2.09. The number of terminal acetylenes is 1. The fourth-order valence-electron chi connectivity index (χ4n) is 1.28. The lowest BCUT2D eigenvalue weighted by Gasteiger charge is -2.07. The average molecular weight is 134 g/mol. The molecule has 0 N–H and O–H groups in total. The molecule has 0 amide bonds. The molecule has 0 spiro atoms. The maximum Gasteiger partial charge on any atom is 0.160 e. The van der Waals surface area contributed by atoms with Gasteiger partial charge in [-0.05, 0) is 13.0 Å². The van der Waals surface area contributed by atoms with Gasteiger partial charge in [0.25, 0.3) is 0 Å². The van der Waals surface area contributed by atoms with Gasteiger partial charge >= 0.3 is 0 Å². The van der Waals surface area contributed by atoms with Crippen LogP contribution in [0.15, 0.2) is 11.6 Å². The maximum absolute atomic E-state index is 11.0. The number of hydrogen-bond donors (Lipinski definition) is 0. The van der Waals surface area contributed by atoms with E-state index in [0.717, 1.165) is 5.57 Å². The first-order valence-corrected chi connectivity index (χ1v) is 3.35. The van der Waals surface area contributed by atoms with Crippen molar-refractivity contribution < 1.29 is 4.79 Å². The van der Waals surface area contributed by atoms with E-state index in [2.05, 4.69) is 5.92 Å². The van der Waals surface area contributed by atoms with E-state index in [1.807, 2.05) is 13.8 Å². The summed E-state index contributed by atoms with van der Waals surface area (Å²) in [5.74, 6) is 2.83. The minimum Gasteiger partial charge on any atom is -0.294 e. The van der Waals surface area contributed by atoms with Crippen LogP contribution in [0.4, 0.5) is 0 Å². The van der Waals surface area contributed by atoms with Gasteiger partial charge in [-0.3, -0.25) is 4.79 Å². The summed E-state index contributed by atoms with van der Waals surface area (Å²) in [5, 5.41) is 0. The molecule has 52 valence electrons. The zero-order valence-electron chi connectivity index (χ0n) is 6.22. The van der Waals surface area contributed by atoms with Crippen molar-refractivity contribution in [1.82, 2.24) is 0 Å². The summed E-state index contributed by atoms with van der Waals surface area (Å²) < 4.78 is 0. The Morgan fingerprint density at radius 1 is 1.70 bits per heavy atom. The summed E-state index contributed by atoms with van der Waals surface area (Å²) >= 11 is 0. The summed E-state index contributed by atoms with van der Waals surface area (Å²) in [5.41, 5.74) is 1.03. The molecule has 1 rings (SSSR count). The highest BCUT2D eigenvalue weighted by Crippen LogP contribution is 2.27. The normalized spacial score (nSPS) is 31.7. The Morgan fingerprint density at radius 3 is 2.50 bits per heavy atom. The lowest BCUT2D eigenvalue weighted by atomic mass is 9.94. The number of allylic oxidation sites excluding steroid dienone is 2. The van der Waals surface area contributed by atoms with E-state index in [4.69, 9.17) is 6.42 Å². The summed E-state index contributed by atoms with van der Waals surface area (Å²) in [4.78, 5) is 11.0. The van der Waals surface area contributed by atoms with E-state index < -0.39 is 0 Å². The van der Waals surface area contributed by atoms with Crippen molar-refractivity contribution in [3.63, 3.8) is 0 Å². The van der Waals surface area contributed by atoms with E-state index in [-0.39, 0.29) is 17.6 Å². The molecule has 0 aromatic rings. The number of ketones is 1. The first-order valence-electron chi connectivity index (χ1n) is 3.35. The first-order chi connectivity index (χ1) is 4.66. The van der Waals surface area contributed by atoms with Crippen molar-refractivity contribution in [2.24, 2.45) is 11.8 Å². The van der Waals surface area contributed by atoms with Crippen LogP contribution >= 0.6 is 0 Å². The van der Waals surface area contributed by atoms with Gasteiger partial charge in [0, 0.05) is 5.92 Å². The van der Waals surface area contributed by atoms with E-state index in [0.29, 0.717) is 0 Å². The quantitative estimate of drug-likeness (QED) is 0.458. The lowest BCUT2D eigenvalue weighted by molar-refractivity contribution is -0.117. The van der Waals surface area contributed by atoms with Gasteiger partial charge in [0.2, 0.25) is 0 Å². The third-order valence-electron chi connectivity index (χ3n) is 1.99. The second-order valence-corrected chi connectivity index (χ2v) is 2.72. The zero-order valence-corrected chi connectivity index (χ0v) is 6.22. The zero-order chi connectivity index (χ0) is 7.72. The van der Waals surface area contributed by atoms with Crippen LogP contribution in [0, 0.1) is 24.2 Å². The minimum atomic E-state index is 0.00463. The molecular weight excluding hydrogens is 124 g/mol. The van der Waals surface area contributed by atoms with Gasteiger partial charge in [-0.1, -0.05) is 18.4 Å². The summed E-state index contributed by atoms with van der Waals surface area (Å²) in [6, 6.07) is 0. The number of carbonyl (C=O) groups excluding carboxylic acids is 1. The van der Waals surface area contributed by atoms with Crippen LogP contribution in [0.1, 0.15) is 13.8 Å². The van der Waals surface area contributed by atoms with Crippen LogP contribution in [0.25, 0.3) is 0 Å². The van der Waals surface area contributed by atoms with Gasteiger partial charge < -0.3 is 0 Å². The van der Waals surface area contributed by atoms with Gasteiger partial charge in [0.1, 0.15) is 0 Å². The third kappa shape index (κ3) is 0.863. The van der Waals surface area contributed by atoms with Crippen LogP contribution in [0.5, 0.6) is 0 Å². The van der Waals surface area contributed by atoms with Crippen molar-refractivity contribution in [3.05, 3.63) is 11.6 Å². The highest BCUT2D eigenvalue weighted by atomic mass is 16.1. The molecule has 1 aliphatic carbocycles. The summed E-state index contributed by atoms with van der Waals surface area (Å²) in [7, 11) is 0. The molecule has 0 radical (unpaired) electrons. The van der Waals surface area contributed by atoms with E-state index in [9.17, 15) is 4.79 Å². The van der Waals surface area contributed by atoms with Crippen LogP contribution < -0.4 is 0 Å². The van der Waals surface area contributed by atoms with E-state index >= 15 is 0 Å². The fourth-order valence-corrected chi connectivity index (χ4v) is 1.28. The van der Waals surface area contributed by atoms with Crippen LogP contribution in [0.2, 0.25) is 0 Å². The standard InChI is InChI=1S/C9H10O/c1-4-8-6(2)5-9(10)7(8)3/h1,5,7-8H,2-3H3. The molecule has 2 unspecified atom stereocenters. The highest BCUT2D eigenvalue weighted by molar-refractivity contribution is 5.95. The molecule has 0 fully saturated rings. The van der Waals surface area contributed by atoms with Gasteiger partial charge in [0.15, 0.2) is 5.78 Å². The fraction of sp³-hybridized carbons (Fsp3) is 0.444. The molecule has 1 nitrogen and oxygen atoms in total. The van der Waals surface area contributed by atoms with Crippen molar-refractivity contribution >= 4 is 5.78 Å². The van der Waals surface area contributed by atoms with Gasteiger partial charge in [0.05, 0.1) is 5.92 Å². The predicted molar refractivity (Wildman–Crippen MR) is 40.3 cm³/mol. The van der Waals surface area contributed by atoms with Crippen molar-refractivity contribution in [1.29, 1.82) is 0 Å². The number of hydrogen-bond acceptors (Lipinski definition) is 1. The molecule has 0 aromatic heterocycles. The molecule has 0 saturated heterocycles. The Morgan fingerprint density at radius 2 is 2.30 bits per heavy atom. The van der Waals surface area contributed by atoms with Crippen molar-refractivity contribution in [3.8, 4) is 12.3 Å². The Kier molecular flexibility index (Phi) is 1.63. The molecule has 0 aliphatic heterocycles. The minimum absolute atomic E-state index is 0.00463. The van der Waals surface area contributed by atoms with Gasteiger partial charge in [-0.2, -0.15) is 0 Å². The molecule has 1 heteroatoms. The Bertz CT molecular complexity index is 230. The maximum atomic E-state index is 11.0. The molecule has 2 atom stereocenters. The molecule has 0 aromatic carbocycles. The summed E-state index contributed by atoms with van der Waals surface area (Å²) in [6.07, 6.45) is 6.88.